The second kappa shape index (κ2) is 3.37. The van der Waals surface area contributed by atoms with Gasteiger partial charge in [-0.05, 0) is 6.42 Å². The number of hydrogen-bond donors (Lipinski definition) is 3. The molecule has 0 saturated carbocycles. The van der Waals surface area contributed by atoms with E-state index < -0.39 is 0 Å². The second-order valence-corrected chi connectivity index (χ2v) is 2.48. The Kier molecular flexibility index (Phi) is 2.45. The van der Waals surface area contributed by atoms with Crippen molar-refractivity contribution in [2.45, 2.75) is 12.5 Å². The first kappa shape index (κ1) is 7.28. The van der Waals surface area contributed by atoms with E-state index in [0.717, 1.165) is 6.42 Å². The quantitative estimate of drug-likeness (QED) is 0.296. The summed E-state index contributed by atoms with van der Waals surface area (Å²) in [4.78, 5) is 0. The lowest BCUT2D eigenvalue weighted by atomic mass is 10.1. The van der Waals surface area contributed by atoms with Crippen LogP contribution in [0.2, 0.25) is 0 Å². The van der Waals surface area contributed by atoms with Crippen LogP contribution in [0.4, 0.5) is 0 Å². The van der Waals surface area contributed by atoms with Crippen LogP contribution < -0.4 is 5.32 Å². The van der Waals surface area contributed by atoms with Gasteiger partial charge in [0.25, 0.3) is 0 Å². The van der Waals surface area contributed by atoms with E-state index in [-0.39, 0.29) is 18.6 Å². The third-order valence-corrected chi connectivity index (χ3v) is 1.70. The van der Waals surface area contributed by atoms with E-state index in [1.165, 1.54) is 6.34 Å². The van der Waals surface area contributed by atoms with Gasteiger partial charge >= 0.3 is 0 Å². The van der Waals surface area contributed by atoms with Crippen LogP contribution in [0.15, 0.2) is 12.2 Å². The Morgan fingerprint density at radius 3 is 3.00 bits per heavy atom. The molecule has 10 heavy (non-hydrogen) atoms. The third-order valence-electron chi connectivity index (χ3n) is 1.70. The molecule has 0 aromatic heterocycles. The maximum Gasteiger partial charge on any atom is 0.0795 e. The van der Waals surface area contributed by atoms with Gasteiger partial charge in [-0.15, -0.1) is 0 Å². The molecule has 1 aliphatic carbocycles. The van der Waals surface area contributed by atoms with Gasteiger partial charge in [0.1, 0.15) is 0 Å². The normalized spacial score (nSPS) is 30.5. The molecule has 0 radical (unpaired) electrons. The Morgan fingerprint density at radius 2 is 2.50 bits per heavy atom. The van der Waals surface area contributed by atoms with E-state index in [9.17, 15) is 0 Å². The summed E-state index contributed by atoms with van der Waals surface area (Å²) in [5, 5.41) is 18.3. The van der Waals surface area contributed by atoms with E-state index >= 15 is 0 Å². The highest BCUT2D eigenvalue weighted by Gasteiger charge is 2.15. The average Bonchev–Trinajstić information content (AvgIpc) is 2.37. The minimum absolute atomic E-state index is 0.215. The maximum atomic E-state index is 8.72. The zero-order valence-corrected chi connectivity index (χ0v) is 5.75. The molecule has 0 unspecified atom stereocenters. The predicted molar refractivity (Wildman–Crippen MR) is 40.0 cm³/mol. The maximum absolute atomic E-state index is 8.72. The summed E-state index contributed by atoms with van der Waals surface area (Å²) in [7, 11) is 0. The van der Waals surface area contributed by atoms with Crippen LogP contribution in [0.5, 0.6) is 0 Å². The summed E-state index contributed by atoms with van der Waals surface area (Å²) in [6, 6.07) is 0.259. The first-order valence-electron chi connectivity index (χ1n) is 3.41. The standard InChI is InChI=1S/C7H12N2O/c8-5-9-7-2-1-6(3-7)4-10/h1-2,5-7,10H,3-4H2,(H2,8,9)/t6-,7+/m1/s1. The predicted octanol–water partition coefficient (Wildman–Crippen LogP) is 0.120. The summed E-state index contributed by atoms with van der Waals surface area (Å²) < 4.78 is 0. The molecule has 3 N–H and O–H groups in total. The van der Waals surface area contributed by atoms with Crippen LogP contribution in [0.3, 0.4) is 0 Å². The van der Waals surface area contributed by atoms with Gasteiger partial charge in [-0.1, -0.05) is 12.2 Å². The van der Waals surface area contributed by atoms with Crippen molar-refractivity contribution in [3.8, 4) is 0 Å². The highest BCUT2D eigenvalue weighted by molar-refractivity contribution is 5.51. The minimum Gasteiger partial charge on any atom is -0.396 e. The van der Waals surface area contributed by atoms with E-state index in [1.807, 2.05) is 12.2 Å². The van der Waals surface area contributed by atoms with Gasteiger partial charge in [0, 0.05) is 18.6 Å². The van der Waals surface area contributed by atoms with Gasteiger partial charge in [-0.2, -0.15) is 0 Å². The Bertz CT molecular complexity index is 145. The van der Waals surface area contributed by atoms with E-state index in [4.69, 9.17) is 10.5 Å². The molecule has 0 fully saturated rings. The Balaban J connectivity index is 2.30. The molecule has 0 spiro atoms. The molecule has 2 atom stereocenters. The van der Waals surface area contributed by atoms with Gasteiger partial charge < -0.3 is 10.4 Å². The molecule has 0 amide bonds. The molecule has 0 heterocycles. The Labute approximate surface area is 60.3 Å². The van der Waals surface area contributed by atoms with Crippen molar-refractivity contribution in [2.24, 2.45) is 5.92 Å². The number of rotatable bonds is 3. The highest BCUT2D eigenvalue weighted by atomic mass is 16.3. The first-order chi connectivity index (χ1) is 4.86. The molecular weight excluding hydrogens is 128 g/mol. The monoisotopic (exact) mass is 140 g/mol. The molecule has 0 aliphatic heterocycles. The van der Waals surface area contributed by atoms with Crippen LogP contribution in [-0.2, 0) is 0 Å². The number of nitrogens with one attached hydrogen (secondary N) is 2. The van der Waals surface area contributed by atoms with Crippen LogP contribution >= 0.6 is 0 Å². The van der Waals surface area contributed by atoms with E-state index in [2.05, 4.69) is 5.32 Å². The second-order valence-electron chi connectivity index (χ2n) is 2.48. The first-order valence-corrected chi connectivity index (χ1v) is 3.41. The number of hydrogen-bond acceptors (Lipinski definition) is 2. The topological polar surface area (TPSA) is 56.1 Å². The summed E-state index contributed by atoms with van der Waals surface area (Å²) in [6.45, 7) is 0.215. The van der Waals surface area contributed by atoms with Gasteiger partial charge in [-0.25, -0.2) is 0 Å². The van der Waals surface area contributed by atoms with Crippen molar-refractivity contribution in [3.63, 3.8) is 0 Å². The third kappa shape index (κ3) is 1.57. The van der Waals surface area contributed by atoms with Crippen molar-refractivity contribution in [1.29, 1.82) is 5.41 Å². The molecule has 1 aliphatic rings. The summed E-state index contributed by atoms with van der Waals surface area (Å²) in [5.74, 6) is 0.289. The Hall–Kier alpha value is -0.830. The van der Waals surface area contributed by atoms with Gasteiger partial charge in [0.15, 0.2) is 0 Å². The highest BCUT2D eigenvalue weighted by Crippen LogP contribution is 2.16. The number of aliphatic hydroxyl groups excluding tert-OH is 1. The summed E-state index contributed by atoms with van der Waals surface area (Å²) in [6.07, 6.45) is 6.08. The molecule has 0 aromatic carbocycles. The molecule has 0 aromatic rings. The minimum atomic E-state index is 0.215. The number of aliphatic hydroxyl groups is 1. The molecule has 3 heteroatoms. The molecule has 1 rings (SSSR count). The largest absolute Gasteiger partial charge is 0.396 e. The smallest absolute Gasteiger partial charge is 0.0795 e. The summed E-state index contributed by atoms with van der Waals surface area (Å²) >= 11 is 0. The van der Waals surface area contributed by atoms with Crippen LogP contribution in [0.25, 0.3) is 0 Å². The lowest BCUT2D eigenvalue weighted by Crippen LogP contribution is -2.24. The SMILES string of the molecule is N=CN[C@H]1C=C[C@@H](CO)C1. The van der Waals surface area contributed by atoms with Crippen molar-refractivity contribution in [3.05, 3.63) is 12.2 Å². The fraction of sp³-hybridized carbons (Fsp3) is 0.571. The molecule has 0 saturated heterocycles. The zero-order chi connectivity index (χ0) is 7.40. The zero-order valence-electron chi connectivity index (χ0n) is 5.75. The van der Waals surface area contributed by atoms with Crippen molar-refractivity contribution in [1.82, 2.24) is 5.32 Å². The average molecular weight is 140 g/mol. The molecule has 56 valence electrons. The van der Waals surface area contributed by atoms with Crippen molar-refractivity contribution < 1.29 is 5.11 Å². The van der Waals surface area contributed by atoms with E-state index in [1.54, 1.807) is 0 Å². The van der Waals surface area contributed by atoms with Crippen LogP contribution in [0.1, 0.15) is 6.42 Å². The van der Waals surface area contributed by atoms with Gasteiger partial charge in [-0.3, -0.25) is 5.41 Å². The lowest BCUT2D eigenvalue weighted by molar-refractivity contribution is 0.248. The molecular formula is C7H12N2O. The molecule has 0 bridgehead atoms. The van der Waals surface area contributed by atoms with Crippen molar-refractivity contribution >= 4 is 6.34 Å². The van der Waals surface area contributed by atoms with E-state index in [0.29, 0.717) is 0 Å². The molecule has 3 nitrogen and oxygen atoms in total. The van der Waals surface area contributed by atoms with Crippen LogP contribution in [-0.4, -0.2) is 24.1 Å². The van der Waals surface area contributed by atoms with Crippen LogP contribution in [0, 0.1) is 11.3 Å². The summed E-state index contributed by atoms with van der Waals surface area (Å²) in [5.41, 5.74) is 0. The van der Waals surface area contributed by atoms with Gasteiger partial charge in [0.2, 0.25) is 0 Å². The van der Waals surface area contributed by atoms with Gasteiger partial charge in [0.05, 0.1) is 6.34 Å². The Morgan fingerprint density at radius 1 is 1.70 bits per heavy atom. The fourth-order valence-corrected chi connectivity index (χ4v) is 1.14. The lowest BCUT2D eigenvalue weighted by Gasteiger charge is -2.08. The fourth-order valence-electron chi connectivity index (χ4n) is 1.14. The van der Waals surface area contributed by atoms with Crippen molar-refractivity contribution in [2.75, 3.05) is 6.61 Å².